The quantitative estimate of drug-likeness (QED) is 0.828. The molecule has 0 fully saturated rings. The molecule has 1 nitrogen and oxygen atoms in total. The van der Waals surface area contributed by atoms with Crippen LogP contribution >= 0.6 is 15.9 Å². The second-order valence-electron chi connectivity index (χ2n) is 3.19. The Bertz CT molecular complexity index is 350. The van der Waals surface area contributed by atoms with E-state index in [2.05, 4.69) is 27.2 Å². The largest absolute Gasteiger partial charge is 0.300 e. The van der Waals surface area contributed by atoms with Crippen molar-refractivity contribution in [1.29, 1.82) is 0 Å². The molecule has 0 aliphatic rings. The van der Waals surface area contributed by atoms with Crippen LogP contribution in [-0.2, 0) is 0 Å². The highest BCUT2D eigenvalue weighted by molar-refractivity contribution is 9.10. The van der Waals surface area contributed by atoms with E-state index in [0.29, 0.717) is 10.0 Å². The molecule has 15 heavy (non-hydrogen) atoms. The maximum atomic E-state index is 13.5. The van der Waals surface area contributed by atoms with Crippen LogP contribution in [0, 0.1) is 18.2 Å². The minimum Gasteiger partial charge on any atom is -0.300 e. The van der Waals surface area contributed by atoms with Gasteiger partial charge >= 0.3 is 0 Å². The molecule has 0 bridgehead atoms. The zero-order chi connectivity index (χ0) is 11.3. The Morgan fingerprint density at radius 1 is 1.60 bits per heavy atom. The summed E-state index contributed by atoms with van der Waals surface area (Å²) in [6.07, 6.45) is 6.35. The molecule has 1 aromatic rings. The minimum absolute atomic E-state index is 0.282. The molecule has 0 aliphatic carbocycles. The Labute approximate surface area is 98.2 Å². The van der Waals surface area contributed by atoms with Gasteiger partial charge in [0, 0.05) is 10.0 Å². The van der Waals surface area contributed by atoms with Crippen LogP contribution in [-0.4, -0.2) is 6.54 Å². The van der Waals surface area contributed by atoms with Crippen LogP contribution in [0.3, 0.4) is 0 Å². The lowest BCUT2D eigenvalue weighted by Crippen LogP contribution is -2.22. The Balaban J connectivity index is 2.97. The van der Waals surface area contributed by atoms with Crippen LogP contribution < -0.4 is 5.32 Å². The van der Waals surface area contributed by atoms with Crippen LogP contribution in [0.1, 0.15) is 24.9 Å². The fourth-order valence-corrected chi connectivity index (χ4v) is 1.89. The average Bonchev–Trinajstić information content (AvgIpc) is 2.22. The van der Waals surface area contributed by atoms with Crippen LogP contribution in [0.25, 0.3) is 0 Å². The lowest BCUT2D eigenvalue weighted by Gasteiger charge is -2.15. The van der Waals surface area contributed by atoms with Gasteiger partial charge in [-0.2, -0.15) is 0 Å². The summed E-state index contributed by atoms with van der Waals surface area (Å²) in [5.41, 5.74) is 0.508. The lowest BCUT2D eigenvalue weighted by atomic mass is 10.1. The van der Waals surface area contributed by atoms with Gasteiger partial charge in [0.15, 0.2) is 0 Å². The number of hydrogen-bond donors (Lipinski definition) is 1. The Hall–Kier alpha value is -0.850. The molecule has 80 valence electrons. The monoisotopic (exact) mass is 269 g/mol. The molecule has 1 rings (SSSR count). The Morgan fingerprint density at radius 2 is 2.33 bits per heavy atom. The first kappa shape index (κ1) is 12.2. The third-order valence-electron chi connectivity index (χ3n) is 2.05. The SMILES string of the molecule is C#CC(NCCC)c1c(F)cccc1Br. The number of terminal acetylenes is 1. The highest BCUT2D eigenvalue weighted by Gasteiger charge is 2.15. The van der Waals surface area contributed by atoms with Crippen molar-refractivity contribution in [3.63, 3.8) is 0 Å². The lowest BCUT2D eigenvalue weighted by molar-refractivity contribution is 0.561. The van der Waals surface area contributed by atoms with Gasteiger partial charge in [-0.05, 0) is 25.1 Å². The summed E-state index contributed by atoms with van der Waals surface area (Å²) in [5, 5.41) is 3.11. The molecular formula is C12H13BrFN. The highest BCUT2D eigenvalue weighted by Crippen LogP contribution is 2.25. The molecule has 0 spiro atoms. The molecule has 1 unspecified atom stereocenters. The van der Waals surface area contributed by atoms with Crippen molar-refractivity contribution in [3.8, 4) is 12.3 Å². The van der Waals surface area contributed by atoms with Crippen LogP contribution in [0.5, 0.6) is 0 Å². The second-order valence-corrected chi connectivity index (χ2v) is 4.04. The van der Waals surface area contributed by atoms with Gasteiger partial charge in [-0.15, -0.1) is 6.42 Å². The summed E-state index contributed by atoms with van der Waals surface area (Å²) in [5.74, 6) is 2.27. The maximum absolute atomic E-state index is 13.5. The van der Waals surface area contributed by atoms with Crippen molar-refractivity contribution in [2.24, 2.45) is 0 Å². The fraction of sp³-hybridized carbons (Fsp3) is 0.333. The van der Waals surface area contributed by atoms with Crippen LogP contribution in [0.4, 0.5) is 4.39 Å². The summed E-state index contributed by atoms with van der Waals surface area (Å²) >= 11 is 3.30. The predicted molar refractivity (Wildman–Crippen MR) is 64.0 cm³/mol. The van der Waals surface area contributed by atoms with E-state index in [-0.39, 0.29) is 11.9 Å². The second kappa shape index (κ2) is 5.89. The molecule has 3 heteroatoms. The van der Waals surface area contributed by atoms with E-state index in [1.165, 1.54) is 6.07 Å². The molecule has 0 heterocycles. The maximum Gasteiger partial charge on any atom is 0.130 e. The molecule has 1 aromatic carbocycles. The van der Waals surface area contributed by atoms with Crippen LogP contribution in [0.15, 0.2) is 22.7 Å². The van der Waals surface area contributed by atoms with Gasteiger partial charge < -0.3 is 0 Å². The minimum atomic E-state index is -0.375. The van der Waals surface area contributed by atoms with Gasteiger partial charge in [0.25, 0.3) is 0 Å². The third-order valence-corrected chi connectivity index (χ3v) is 2.75. The number of benzene rings is 1. The van der Waals surface area contributed by atoms with Gasteiger partial charge in [0.2, 0.25) is 0 Å². The summed E-state index contributed by atoms with van der Waals surface area (Å²) in [4.78, 5) is 0. The summed E-state index contributed by atoms with van der Waals surface area (Å²) in [6.45, 7) is 2.81. The molecule has 0 radical (unpaired) electrons. The standard InChI is InChI=1S/C12H13BrFN/c1-3-8-15-11(4-2)12-9(13)6-5-7-10(12)14/h2,5-7,11,15H,3,8H2,1H3. The average molecular weight is 270 g/mol. The van der Waals surface area contributed by atoms with E-state index in [0.717, 1.165) is 13.0 Å². The van der Waals surface area contributed by atoms with E-state index >= 15 is 0 Å². The fourth-order valence-electron chi connectivity index (χ4n) is 1.32. The Morgan fingerprint density at radius 3 is 2.87 bits per heavy atom. The number of hydrogen-bond acceptors (Lipinski definition) is 1. The van der Waals surface area contributed by atoms with Gasteiger partial charge in [-0.3, -0.25) is 5.32 Å². The number of rotatable bonds is 4. The molecule has 0 amide bonds. The van der Waals surface area contributed by atoms with E-state index < -0.39 is 0 Å². The van der Waals surface area contributed by atoms with E-state index in [1.807, 2.05) is 6.92 Å². The zero-order valence-electron chi connectivity index (χ0n) is 8.56. The first-order valence-electron chi connectivity index (χ1n) is 4.84. The van der Waals surface area contributed by atoms with Gasteiger partial charge in [0.05, 0.1) is 6.04 Å². The van der Waals surface area contributed by atoms with Crippen molar-refractivity contribution in [2.75, 3.05) is 6.54 Å². The molecule has 0 aliphatic heterocycles. The summed E-state index contributed by atoms with van der Waals surface area (Å²) in [7, 11) is 0. The van der Waals surface area contributed by atoms with E-state index in [9.17, 15) is 4.39 Å². The molecule has 0 saturated heterocycles. The van der Waals surface area contributed by atoms with Crippen molar-refractivity contribution in [2.45, 2.75) is 19.4 Å². The molecule has 1 atom stereocenters. The number of halogens is 2. The van der Waals surface area contributed by atoms with Gasteiger partial charge in [0.1, 0.15) is 5.82 Å². The smallest absolute Gasteiger partial charge is 0.130 e. The zero-order valence-corrected chi connectivity index (χ0v) is 10.1. The first-order chi connectivity index (χ1) is 7.20. The normalized spacial score (nSPS) is 12.1. The summed E-state index contributed by atoms with van der Waals surface area (Å²) in [6, 6.07) is 4.48. The van der Waals surface area contributed by atoms with Crippen molar-refractivity contribution >= 4 is 15.9 Å². The molecule has 0 saturated carbocycles. The molecular weight excluding hydrogens is 257 g/mol. The topological polar surface area (TPSA) is 12.0 Å². The van der Waals surface area contributed by atoms with E-state index in [1.54, 1.807) is 12.1 Å². The highest BCUT2D eigenvalue weighted by atomic mass is 79.9. The van der Waals surface area contributed by atoms with Gasteiger partial charge in [-0.25, -0.2) is 4.39 Å². The van der Waals surface area contributed by atoms with Crippen molar-refractivity contribution < 1.29 is 4.39 Å². The number of nitrogens with one attached hydrogen (secondary N) is 1. The summed E-state index contributed by atoms with van der Waals surface area (Å²) < 4.78 is 14.3. The van der Waals surface area contributed by atoms with Crippen LogP contribution in [0.2, 0.25) is 0 Å². The Kier molecular flexibility index (Phi) is 4.80. The third kappa shape index (κ3) is 3.05. The van der Waals surface area contributed by atoms with E-state index in [4.69, 9.17) is 6.42 Å². The molecule has 0 aromatic heterocycles. The molecule has 1 N–H and O–H groups in total. The predicted octanol–water partition coefficient (Wildman–Crippen LogP) is 3.26. The van der Waals surface area contributed by atoms with Crippen molar-refractivity contribution in [3.05, 3.63) is 34.1 Å². The van der Waals surface area contributed by atoms with Gasteiger partial charge in [-0.1, -0.05) is 34.8 Å². The first-order valence-corrected chi connectivity index (χ1v) is 5.63. The van der Waals surface area contributed by atoms with Crippen molar-refractivity contribution in [1.82, 2.24) is 5.32 Å².